The zero-order valence-electron chi connectivity index (χ0n) is 23.4. The summed E-state index contributed by atoms with van der Waals surface area (Å²) in [7, 11) is 15.3. The first kappa shape index (κ1) is 27.4. The number of fused-ring (bicyclic) bond motifs is 4. The molecule has 0 radical (unpaired) electrons. The second-order valence-corrected chi connectivity index (χ2v) is 27.2. The van der Waals surface area contributed by atoms with E-state index in [2.05, 4.69) is 129 Å². The first-order valence-corrected chi connectivity index (χ1v) is 25.0. The molecule has 1 aliphatic heterocycles. The molecule has 7 rings (SSSR count). The zero-order valence-corrected chi connectivity index (χ0v) is 28.8. The van der Waals surface area contributed by atoms with Crippen LogP contribution in [0.15, 0.2) is 109 Å². The van der Waals surface area contributed by atoms with Crippen LogP contribution in [0.1, 0.15) is 44.8 Å². The minimum atomic E-state index is -4.11. The van der Waals surface area contributed by atoms with Gasteiger partial charge in [-0.2, -0.15) is 0 Å². The Morgan fingerprint density at radius 2 is 1.44 bits per heavy atom. The fourth-order valence-corrected chi connectivity index (χ4v) is 23.5. The summed E-state index contributed by atoms with van der Waals surface area (Å²) in [6, 6.07) is 39.9. The van der Waals surface area contributed by atoms with Crippen molar-refractivity contribution in [2.45, 2.75) is 30.3 Å². The SMILES string of the molecule is CCCc1ccc2c(c1-c1ccccc1C)C=C(c1ccccc1)[CH]2[Zr]([Cl])([Cl])[c]1cccc2c1[SiH2]c1ccccc1-2. The molecular weight excluding hydrogens is 635 g/mol. The van der Waals surface area contributed by atoms with Crippen LogP contribution in [0.5, 0.6) is 0 Å². The molecule has 41 heavy (non-hydrogen) atoms. The van der Waals surface area contributed by atoms with E-state index >= 15 is 0 Å². The number of hydrogen-bond acceptors (Lipinski definition) is 0. The van der Waals surface area contributed by atoms with Gasteiger partial charge in [0.2, 0.25) is 0 Å². The topological polar surface area (TPSA) is 0 Å². The third kappa shape index (κ3) is 4.59. The van der Waals surface area contributed by atoms with Gasteiger partial charge in [-0.1, -0.05) is 0 Å². The number of hydrogen-bond donors (Lipinski definition) is 0. The molecular formula is C37H32Cl2SiZr. The average Bonchev–Trinajstić information content (AvgIpc) is 3.58. The Labute approximate surface area is 257 Å². The van der Waals surface area contributed by atoms with Crippen molar-refractivity contribution in [3.8, 4) is 22.3 Å². The summed E-state index contributed by atoms with van der Waals surface area (Å²) in [4.78, 5) is 0. The zero-order chi connectivity index (χ0) is 28.1. The van der Waals surface area contributed by atoms with E-state index in [0.717, 1.165) is 12.8 Å². The second-order valence-electron chi connectivity index (χ2n) is 11.4. The predicted molar refractivity (Wildman–Crippen MR) is 179 cm³/mol. The van der Waals surface area contributed by atoms with Crippen LogP contribution in [0.3, 0.4) is 0 Å². The molecule has 0 nitrogen and oxygen atoms in total. The Bertz CT molecular complexity index is 1820. The van der Waals surface area contributed by atoms with Gasteiger partial charge in [0.1, 0.15) is 0 Å². The minimum absolute atomic E-state index is 0.00712. The van der Waals surface area contributed by atoms with Crippen molar-refractivity contribution in [1.82, 2.24) is 0 Å². The molecule has 0 fully saturated rings. The fraction of sp³-hybridized carbons (Fsp3) is 0.135. The van der Waals surface area contributed by atoms with E-state index in [4.69, 9.17) is 17.0 Å². The molecule has 0 saturated carbocycles. The molecule has 5 aromatic rings. The van der Waals surface area contributed by atoms with Gasteiger partial charge in [-0.05, 0) is 0 Å². The quantitative estimate of drug-likeness (QED) is 0.158. The van der Waals surface area contributed by atoms with Crippen molar-refractivity contribution in [2.24, 2.45) is 0 Å². The van der Waals surface area contributed by atoms with E-state index in [0.29, 0.717) is 0 Å². The summed E-state index contributed by atoms with van der Waals surface area (Å²) in [5.41, 5.74) is 13.2. The van der Waals surface area contributed by atoms with Crippen LogP contribution in [0.4, 0.5) is 0 Å². The molecule has 1 aliphatic carbocycles. The van der Waals surface area contributed by atoms with E-state index in [-0.39, 0.29) is 3.63 Å². The average molecular weight is 667 g/mol. The standard InChI is InChI=1S/C25H23.C12H9Si.2ClH.Zr/c1-3-9-20-14-15-21-16-22(19-11-5-4-6-12-19)17-24(21)25(20)23-13-8-7-10-18(23)2;1-3-7-11-9(5-1)10-6-2-4-8-12(10)13-11;;;/h4-8,10-17H,3,9H2,1-2H3;1-7H,13H2;2*1H;/q;;;;+2/p-2. The third-order valence-corrected chi connectivity index (χ3v) is 23.1. The van der Waals surface area contributed by atoms with Gasteiger partial charge < -0.3 is 0 Å². The van der Waals surface area contributed by atoms with Crippen LogP contribution < -0.4 is 13.6 Å². The Morgan fingerprint density at radius 3 is 2.22 bits per heavy atom. The first-order valence-electron chi connectivity index (χ1n) is 14.6. The number of rotatable bonds is 6. The van der Waals surface area contributed by atoms with Gasteiger partial charge in [0.05, 0.1) is 0 Å². The number of aryl methyl sites for hydroxylation is 2. The van der Waals surface area contributed by atoms with Gasteiger partial charge in [0, 0.05) is 0 Å². The van der Waals surface area contributed by atoms with E-state index in [1.54, 1.807) is 0 Å². The molecule has 0 saturated heterocycles. The summed E-state index contributed by atoms with van der Waals surface area (Å²) < 4.78 is 1.28. The molecule has 0 spiro atoms. The Hall–Kier alpha value is -2.48. The molecule has 202 valence electrons. The van der Waals surface area contributed by atoms with Gasteiger partial charge in [-0.15, -0.1) is 0 Å². The van der Waals surface area contributed by atoms with Crippen molar-refractivity contribution >= 4 is 51.8 Å². The van der Waals surface area contributed by atoms with E-state index in [1.165, 1.54) is 69.3 Å². The van der Waals surface area contributed by atoms with Crippen LogP contribution in [0.2, 0.25) is 0 Å². The summed E-state index contributed by atoms with van der Waals surface area (Å²) in [6.45, 7) is 4.49. The molecule has 0 aromatic heterocycles. The van der Waals surface area contributed by atoms with Crippen LogP contribution in [0.25, 0.3) is 33.9 Å². The normalized spacial score (nSPS) is 15.9. The molecule has 2 aliphatic rings. The molecule has 1 unspecified atom stereocenters. The molecule has 0 N–H and O–H groups in total. The number of halogens is 2. The maximum atomic E-state index is 7.95. The van der Waals surface area contributed by atoms with E-state index < -0.39 is 27.4 Å². The molecule has 5 aromatic carbocycles. The van der Waals surface area contributed by atoms with Crippen molar-refractivity contribution in [1.29, 1.82) is 0 Å². The van der Waals surface area contributed by atoms with Crippen LogP contribution >= 0.6 is 17.0 Å². The summed E-state index contributed by atoms with van der Waals surface area (Å²) in [5.74, 6) is 0. The Balaban J connectivity index is 1.47. The number of benzene rings is 5. The maximum absolute atomic E-state index is 7.95. The second kappa shape index (κ2) is 11.0. The Morgan fingerprint density at radius 1 is 0.732 bits per heavy atom. The third-order valence-electron chi connectivity index (χ3n) is 8.90. The van der Waals surface area contributed by atoms with E-state index in [9.17, 15) is 0 Å². The summed E-state index contributed by atoms with van der Waals surface area (Å²) in [5, 5.41) is 2.97. The molecule has 1 atom stereocenters. The van der Waals surface area contributed by atoms with Crippen molar-refractivity contribution in [3.63, 3.8) is 0 Å². The molecule has 1 heterocycles. The number of allylic oxidation sites excluding steroid dienone is 1. The van der Waals surface area contributed by atoms with E-state index in [1.807, 2.05) is 0 Å². The predicted octanol–water partition coefficient (Wildman–Crippen LogP) is 8.10. The summed E-state index contributed by atoms with van der Waals surface area (Å²) in [6.07, 6.45) is 4.58. The van der Waals surface area contributed by atoms with Crippen LogP contribution in [-0.4, -0.2) is 9.52 Å². The van der Waals surface area contributed by atoms with Crippen molar-refractivity contribution < 1.29 is 17.9 Å². The van der Waals surface area contributed by atoms with Crippen molar-refractivity contribution in [3.05, 3.63) is 137 Å². The van der Waals surface area contributed by atoms with Crippen LogP contribution in [0, 0.1) is 6.92 Å². The first-order chi connectivity index (χ1) is 20.0. The molecule has 0 bridgehead atoms. The van der Waals surface area contributed by atoms with Crippen molar-refractivity contribution in [2.75, 3.05) is 0 Å². The molecule has 0 amide bonds. The fourth-order valence-electron chi connectivity index (χ4n) is 7.04. The van der Waals surface area contributed by atoms with Gasteiger partial charge in [-0.25, -0.2) is 0 Å². The molecule has 4 heteroatoms. The summed E-state index contributed by atoms with van der Waals surface area (Å²) >= 11 is -4.11. The van der Waals surface area contributed by atoms with Gasteiger partial charge in [-0.3, -0.25) is 0 Å². The Kier molecular flexibility index (Phi) is 7.32. The van der Waals surface area contributed by atoms with Gasteiger partial charge >= 0.3 is 259 Å². The van der Waals surface area contributed by atoms with Crippen LogP contribution in [-0.2, 0) is 24.3 Å². The monoisotopic (exact) mass is 664 g/mol. The van der Waals surface area contributed by atoms with Gasteiger partial charge in [0.15, 0.2) is 0 Å². The van der Waals surface area contributed by atoms with Gasteiger partial charge in [0.25, 0.3) is 0 Å².